The molecular weight excluding hydrogens is 913 g/mol. The maximum atomic E-state index is 14.5. The predicted octanol–water partition coefficient (Wildman–Crippen LogP) is 14.0. The van der Waals surface area contributed by atoms with Crippen LogP contribution in [0, 0.1) is 25.5 Å². The molecule has 0 unspecified atom stereocenters. The van der Waals surface area contributed by atoms with Gasteiger partial charge in [-0.05, 0) is 119 Å². The van der Waals surface area contributed by atoms with Gasteiger partial charge in [0, 0.05) is 76.1 Å². The van der Waals surface area contributed by atoms with E-state index in [2.05, 4.69) is 25.6 Å². The summed E-state index contributed by atoms with van der Waals surface area (Å²) in [5, 5.41) is 7.31. The van der Waals surface area contributed by atoms with E-state index in [9.17, 15) is 39.9 Å². The first-order chi connectivity index (χ1) is 32.6. The Morgan fingerprint density at radius 1 is 0.638 bits per heavy atom. The van der Waals surface area contributed by atoms with Gasteiger partial charge in [-0.2, -0.15) is 26.3 Å². The molecular formula is C51H46F8N6O4. The molecule has 8 rings (SSSR count). The highest BCUT2D eigenvalue weighted by Crippen LogP contribution is 2.33. The van der Waals surface area contributed by atoms with E-state index in [0.29, 0.717) is 63.5 Å². The number of fused-ring (bicyclic) bond motifs is 2. The van der Waals surface area contributed by atoms with Crippen molar-refractivity contribution in [1.29, 1.82) is 0 Å². The predicted molar refractivity (Wildman–Crippen MR) is 248 cm³/mol. The van der Waals surface area contributed by atoms with Crippen molar-refractivity contribution in [2.45, 2.75) is 65.4 Å². The number of benzene rings is 4. The summed E-state index contributed by atoms with van der Waals surface area (Å²) in [4.78, 5) is 24.0. The standard InChI is InChI=1S/C28H27F4N3O3.C23H19F4N3O/c1-17-23(11-13-33-25(17)37-14-12-18-5-7-19(8-6-18)28(30,31)32)34-20-9-10-21-22(29)16-35(24(21)15-20)26(36)38-27(2,3)4;1-14-20(30-17-6-7-18-19(24)13-29-21(18)12-17)8-10-28-22(14)31-11-9-15-2-4-16(5-3-15)23(25,26)27/h5-11,13,15-16H,12,14H2,1-4H3,(H,33,34);2-8,10,12-13,29H,9,11H2,1H3,(H,28,30). The largest absolute Gasteiger partial charge is 0.477 e. The summed E-state index contributed by atoms with van der Waals surface area (Å²) < 4.78 is 122. The van der Waals surface area contributed by atoms with E-state index in [1.807, 2.05) is 19.9 Å². The van der Waals surface area contributed by atoms with Crippen LogP contribution in [0.15, 0.2) is 122 Å². The van der Waals surface area contributed by atoms with Crippen LogP contribution in [0.2, 0.25) is 0 Å². The first kappa shape index (κ1) is 49.3. The fraction of sp³-hybridized carbons (Fsp3) is 0.235. The molecule has 18 heteroatoms. The smallest absolute Gasteiger partial charge is 0.419 e. The summed E-state index contributed by atoms with van der Waals surface area (Å²) in [6, 6.07) is 23.7. The maximum Gasteiger partial charge on any atom is 0.419 e. The summed E-state index contributed by atoms with van der Waals surface area (Å²) >= 11 is 0. The van der Waals surface area contributed by atoms with E-state index in [1.165, 1.54) is 30.5 Å². The molecule has 0 aliphatic heterocycles. The molecule has 0 atom stereocenters. The third-order valence-corrected chi connectivity index (χ3v) is 10.7. The van der Waals surface area contributed by atoms with Gasteiger partial charge in [0.1, 0.15) is 17.2 Å². The zero-order valence-corrected chi connectivity index (χ0v) is 37.9. The Kier molecular flexibility index (Phi) is 14.5. The molecule has 69 heavy (non-hydrogen) atoms. The van der Waals surface area contributed by atoms with E-state index >= 15 is 0 Å². The molecule has 0 saturated heterocycles. The number of halogens is 8. The number of ether oxygens (including phenoxy) is 3. The van der Waals surface area contributed by atoms with E-state index in [-0.39, 0.29) is 24.4 Å². The molecule has 0 amide bonds. The van der Waals surface area contributed by atoms with Gasteiger partial charge in [0.05, 0.1) is 41.6 Å². The van der Waals surface area contributed by atoms with Gasteiger partial charge in [0.15, 0.2) is 0 Å². The zero-order chi connectivity index (χ0) is 49.7. The lowest BCUT2D eigenvalue weighted by molar-refractivity contribution is -0.138. The summed E-state index contributed by atoms with van der Waals surface area (Å²) in [6.07, 6.45) is -2.97. The van der Waals surface area contributed by atoms with Gasteiger partial charge < -0.3 is 29.8 Å². The van der Waals surface area contributed by atoms with Gasteiger partial charge in [-0.25, -0.2) is 28.1 Å². The number of hydrogen-bond acceptors (Lipinski definition) is 8. The molecule has 4 heterocycles. The number of hydrogen-bond donors (Lipinski definition) is 3. The van der Waals surface area contributed by atoms with Crippen LogP contribution < -0.4 is 20.1 Å². The van der Waals surface area contributed by atoms with E-state index in [0.717, 1.165) is 57.5 Å². The number of rotatable bonds is 12. The molecule has 0 aliphatic carbocycles. The van der Waals surface area contributed by atoms with E-state index in [4.69, 9.17) is 14.2 Å². The Balaban J connectivity index is 0.000000208. The first-order valence-corrected chi connectivity index (χ1v) is 21.5. The normalized spacial score (nSPS) is 11.8. The van der Waals surface area contributed by atoms with Crippen molar-refractivity contribution < 1.29 is 54.1 Å². The maximum absolute atomic E-state index is 14.5. The average molecular weight is 959 g/mol. The topological polar surface area (TPSA) is 115 Å². The summed E-state index contributed by atoms with van der Waals surface area (Å²) in [5.41, 5.74) is 4.70. The van der Waals surface area contributed by atoms with Crippen molar-refractivity contribution in [3.05, 3.63) is 167 Å². The number of alkyl halides is 6. The van der Waals surface area contributed by atoms with Crippen LogP contribution in [0.5, 0.6) is 11.8 Å². The average Bonchev–Trinajstić information content (AvgIpc) is 3.83. The zero-order valence-electron chi connectivity index (χ0n) is 37.9. The van der Waals surface area contributed by atoms with Crippen LogP contribution in [0.4, 0.5) is 62.7 Å². The quantitative estimate of drug-likeness (QED) is 0.104. The van der Waals surface area contributed by atoms with Crippen LogP contribution in [0.1, 0.15) is 54.2 Å². The number of aromatic nitrogens is 4. The van der Waals surface area contributed by atoms with Crippen LogP contribution in [-0.2, 0) is 29.9 Å². The van der Waals surface area contributed by atoms with Crippen molar-refractivity contribution in [2.75, 3.05) is 23.8 Å². The van der Waals surface area contributed by atoms with Crippen LogP contribution in [-0.4, -0.2) is 44.4 Å². The molecule has 10 nitrogen and oxygen atoms in total. The number of carbonyl (C=O) groups excluding carboxylic acids is 1. The molecule has 3 N–H and O–H groups in total. The van der Waals surface area contributed by atoms with Crippen LogP contribution >= 0.6 is 0 Å². The molecule has 0 fully saturated rings. The van der Waals surface area contributed by atoms with Crippen molar-refractivity contribution in [3.63, 3.8) is 0 Å². The van der Waals surface area contributed by atoms with Crippen LogP contribution in [0.3, 0.4) is 0 Å². The molecule has 0 bridgehead atoms. The Bertz CT molecular complexity index is 3070. The highest BCUT2D eigenvalue weighted by molar-refractivity contribution is 5.92. The fourth-order valence-electron chi connectivity index (χ4n) is 7.05. The molecule has 0 aliphatic rings. The van der Waals surface area contributed by atoms with E-state index < -0.39 is 41.0 Å². The van der Waals surface area contributed by atoms with Crippen molar-refractivity contribution in [2.24, 2.45) is 0 Å². The van der Waals surface area contributed by atoms with Gasteiger partial charge >= 0.3 is 18.4 Å². The summed E-state index contributed by atoms with van der Waals surface area (Å²) in [6.45, 7) is 9.35. The second-order valence-corrected chi connectivity index (χ2v) is 16.9. The van der Waals surface area contributed by atoms with Crippen molar-refractivity contribution in [1.82, 2.24) is 19.5 Å². The Hall–Kier alpha value is -7.63. The molecule has 4 aromatic heterocycles. The first-order valence-electron chi connectivity index (χ1n) is 21.5. The monoisotopic (exact) mass is 958 g/mol. The van der Waals surface area contributed by atoms with Gasteiger partial charge in [0.25, 0.3) is 0 Å². The third kappa shape index (κ3) is 12.5. The lowest BCUT2D eigenvalue weighted by Crippen LogP contribution is -2.26. The number of aromatic amines is 1. The molecule has 0 radical (unpaired) electrons. The lowest BCUT2D eigenvalue weighted by atomic mass is 10.1. The molecule has 8 aromatic rings. The number of pyridine rings is 2. The molecule has 4 aromatic carbocycles. The molecule has 360 valence electrons. The second-order valence-electron chi connectivity index (χ2n) is 16.9. The van der Waals surface area contributed by atoms with Gasteiger partial charge in [-0.3, -0.25) is 0 Å². The Morgan fingerprint density at radius 3 is 1.59 bits per heavy atom. The number of nitrogens with zero attached hydrogens (tertiary/aromatic N) is 3. The minimum atomic E-state index is -4.37. The second kappa shape index (κ2) is 20.3. The highest BCUT2D eigenvalue weighted by atomic mass is 19.4. The van der Waals surface area contributed by atoms with Crippen molar-refractivity contribution >= 4 is 50.6 Å². The Labute approximate surface area is 391 Å². The summed E-state index contributed by atoms with van der Waals surface area (Å²) in [7, 11) is 0. The highest BCUT2D eigenvalue weighted by Gasteiger charge is 2.31. The Morgan fingerprint density at radius 2 is 1.12 bits per heavy atom. The number of H-pyrrole nitrogens is 1. The van der Waals surface area contributed by atoms with Crippen molar-refractivity contribution in [3.8, 4) is 11.8 Å². The number of anilines is 4. The summed E-state index contributed by atoms with van der Waals surface area (Å²) in [5.74, 6) is -0.0401. The SMILES string of the molecule is Cc1c(Nc2ccc3c(F)c[nH]c3c2)ccnc1OCCc1ccc(C(F)(F)F)cc1.Cc1c(Nc2ccc3c(F)cn(C(=O)OC(C)(C)C)c3c2)ccnc1OCCc1ccc(C(F)(F)F)cc1. The van der Waals surface area contributed by atoms with Gasteiger partial charge in [-0.1, -0.05) is 24.3 Å². The lowest BCUT2D eigenvalue weighted by Gasteiger charge is -2.19. The third-order valence-electron chi connectivity index (χ3n) is 10.7. The van der Waals surface area contributed by atoms with Gasteiger partial charge in [0.2, 0.25) is 11.8 Å². The fourth-order valence-corrected chi connectivity index (χ4v) is 7.05. The molecule has 0 saturated carbocycles. The minimum absolute atomic E-state index is 0.220. The van der Waals surface area contributed by atoms with Crippen LogP contribution in [0.25, 0.3) is 21.8 Å². The minimum Gasteiger partial charge on any atom is -0.477 e. The van der Waals surface area contributed by atoms with Gasteiger partial charge in [-0.15, -0.1) is 0 Å². The number of nitrogens with one attached hydrogen (secondary N) is 3. The van der Waals surface area contributed by atoms with E-state index in [1.54, 1.807) is 75.6 Å². The number of carbonyl (C=O) groups is 1. The molecule has 0 spiro atoms.